The number of nitrogens with two attached hydrogens (primary N) is 1. The van der Waals surface area contributed by atoms with Gasteiger partial charge >= 0.3 is 0 Å². The first kappa shape index (κ1) is 12.9. The van der Waals surface area contributed by atoms with Gasteiger partial charge in [-0.1, -0.05) is 34.6 Å². The van der Waals surface area contributed by atoms with Gasteiger partial charge in [0.15, 0.2) is 0 Å². The van der Waals surface area contributed by atoms with E-state index >= 15 is 0 Å². The van der Waals surface area contributed by atoms with Gasteiger partial charge in [0.1, 0.15) is 0 Å². The number of hydrogen-bond donors (Lipinski definition) is 2. The maximum atomic E-state index is 6.16. The molecule has 80 valence electrons. The van der Waals surface area contributed by atoms with Crippen molar-refractivity contribution in [1.82, 2.24) is 5.32 Å². The van der Waals surface area contributed by atoms with Crippen LogP contribution in [0.4, 0.5) is 0 Å². The van der Waals surface area contributed by atoms with E-state index in [4.69, 9.17) is 5.73 Å². The fourth-order valence-electron chi connectivity index (χ4n) is 1.19. The molecule has 0 aromatic heterocycles. The molecule has 2 heteroatoms. The molecule has 13 heavy (non-hydrogen) atoms. The molecule has 0 bridgehead atoms. The molecular weight excluding hydrogens is 160 g/mol. The Bertz CT molecular complexity index is 132. The molecule has 0 spiro atoms. The normalized spacial score (nSPS) is 13.4. The highest BCUT2D eigenvalue weighted by Gasteiger charge is 2.20. The van der Waals surface area contributed by atoms with Crippen molar-refractivity contribution in [3.05, 3.63) is 0 Å². The summed E-state index contributed by atoms with van der Waals surface area (Å²) in [5.41, 5.74) is 6.50. The first-order valence-corrected chi connectivity index (χ1v) is 5.32. The molecule has 0 aliphatic carbocycles. The smallest absolute Gasteiger partial charge is 0.0275 e. The maximum absolute atomic E-state index is 6.16. The average Bonchev–Trinajstić information content (AvgIpc) is 2.02. The van der Waals surface area contributed by atoms with E-state index in [-0.39, 0.29) is 5.54 Å². The summed E-state index contributed by atoms with van der Waals surface area (Å²) >= 11 is 0. The van der Waals surface area contributed by atoms with E-state index in [1.807, 2.05) is 0 Å². The van der Waals surface area contributed by atoms with Crippen molar-refractivity contribution in [2.75, 3.05) is 13.1 Å². The summed E-state index contributed by atoms with van der Waals surface area (Å²) in [5.74, 6) is 0. The largest absolute Gasteiger partial charge is 0.324 e. The lowest BCUT2D eigenvalue weighted by atomic mass is 9.92. The lowest BCUT2D eigenvalue weighted by Gasteiger charge is -2.29. The molecule has 0 rings (SSSR count). The fourth-order valence-corrected chi connectivity index (χ4v) is 1.19. The van der Waals surface area contributed by atoms with E-state index in [9.17, 15) is 0 Å². The summed E-state index contributed by atoms with van der Waals surface area (Å²) < 4.78 is 0. The molecule has 0 heterocycles. The minimum absolute atomic E-state index is 0.00868. The summed E-state index contributed by atoms with van der Waals surface area (Å²) in [6.07, 6.45) is 2.08. The van der Waals surface area contributed by atoms with E-state index in [0.717, 1.165) is 25.9 Å². The standard InChI is InChI=1S/C11H26N2/c1-6-11(12,7-2)9-13-8-10(3,4)5/h13H,6-9,12H2,1-5H3. The molecule has 0 atom stereocenters. The van der Waals surface area contributed by atoms with Crippen molar-refractivity contribution in [3.8, 4) is 0 Å². The van der Waals surface area contributed by atoms with Gasteiger partial charge in [0.25, 0.3) is 0 Å². The molecule has 0 amide bonds. The Labute approximate surface area is 83.3 Å². The van der Waals surface area contributed by atoms with Crippen LogP contribution in [0.2, 0.25) is 0 Å². The van der Waals surface area contributed by atoms with Gasteiger partial charge < -0.3 is 11.1 Å². The molecule has 0 fully saturated rings. The summed E-state index contributed by atoms with van der Waals surface area (Å²) in [6, 6.07) is 0. The Morgan fingerprint density at radius 2 is 1.46 bits per heavy atom. The molecule has 2 nitrogen and oxygen atoms in total. The molecule has 0 saturated heterocycles. The molecule has 0 saturated carbocycles. The third-order valence-corrected chi connectivity index (χ3v) is 2.54. The van der Waals surface area contributed by atoms with Crippen LogP contribution in [0.15, 0.2) is 0 Å². The van der Waals surface area contributed by atoms with Crippen LogP contribution in [0.3, 0.4) is 0 Å². The zero-order chi connectivity index (χ0) is 10.5. The van der Waals surface area contributed by atoms with Crippen LogP contribution in [0, 0.1) is 5.41 Å². The Morgan fingerprint density at radius 1 is 1.00 bits per heavy atom. The Balaban J connectivity index is 3.74. The lowest BCUT2D eigenvalue weighted by molar-refractivity contribution is 0.321. The zero-order valence-electron chi connectivity index (χ0n) is 9.91. The van der Waals surface area contributed by atoms with Crippen molar-refractivity contribution >= 4 is 0 Å². The Kier molecular flexibility index (Phi) is 4.93. The van der Waals surface area contributed by atoms with E-state index < -0.39 is 0 Å². The third kappa shape index (κ3) is 6.05. The topological polar surface area (TPSA) is 38.0 Å². The molecular formula is C11H26N2. The second kappa shape index (κ2) is 4.97. The summed E-state index contributed by atoms with van der Waals surface area (Å²) in [5, 5.41) is 3.44. The van der Waals surface area contributed by atoms with E-state index in [1.54, 1.807) is 0 Å². The predicted octanol–water partition coefficient (Wildman–Crippen LogP) is 2.14. The molecule has 0 radical (unpaired) electrons. The number of rotatable bonds is 5. The van der Waals surface area contributed by atoms with E-state index in [1.165, 1.54) is 0 Å². The van der Waals surface area contributed by atoms with Gasteiger partial charge in [-0.2, -0.15) is 0 Å². The molecule has 0 aromatic carbocycles. The van der Waals surface area contributed by atoms with Gasteiger partial charge in [-0.15, -0.1) is 0 Å². The van der Waals surface area contributed by atoms with Crippen molar-refractivity contribution in [1.29, 1.82) is 0 Å². The van der Waals surface area contributed by atoms with Crippen molar-refractivity contribution in [2.24, 2.45) is 11.1 Å². The van der Waals surface area contributed by atoms with E-state index in [0.29, 0.717) is 5.41 Å². The van der Waals surface area contributed by atoms with E-state index in [2.05, 4.69) is 39.9 Å². The van der Waals surface area contributed by atoms with Crippen LogP contribution in [0.1, 0.15) is 47.5 Å². The molecule has 0 aliphatic heterocycles. The molecule has 0 unspecified atom stereocenters. The average molecular weight is 186 g/mol. The SMILES string of the molecule is CCC(N)(CC)CNCC(C)(C)C. The van der Waals surface area contributed by atoms with Crippen molar-refractivity contribution in [3.63, 3.8) is 0 Å². The highest BCUT2D eigenvalue weighted by atomic mass is 14.9. The Morgan fingerprint density at radius 3 is 1.77 bits per heavy atom. The first-order valence-electron chi connectivity index (χ1n) is 5.32. The van der Waals surface area contributed by atoms with Gasteiger partial charge in [0, 0.05) is 18.6 Å². The minimum Gasteiger partial charge on any atom is -0.324 e. The van der Waals surface area contributed by atoms with Crippen LogP contribution < -0.4 is 11.1 Å². The van der Waals surface area contributed by atoms with Gasteiger partial charge in [-0.05, 0) is 18.3 Å². The second-order valence-corrected chi connectivity index (χ2v) is 5.23. The van der Waals surface area contributed by atoms with Crippen molar-refractivity contribution < 1.29 is 0 Å². The highest BCUT2D eigenvalue weighted by Crippen LogP contribution is 2.13. The summed E-state index contributed by atoms with van der Waals surface area (Å²) in [7, 11) is 0. The first-order chi connectivity index (χ1) is 5.83. The van der Waals surface area contributed by atoms with Crippen LogP contribution >= 0.6 is 0 Å². The van der Waals surface area contributed by atoms with Gasteiger partial charge in [0.05, 0.1) is 0 Å². The molecule has 0 aliphatic rings. The molecule has 0 aromatic rings. The third-order valence-electron chi connectivity index (χ3n) is 2.54. The monoisotopic (exact) mass is 186 g/mol. The van der Waals surface area contributed by atoms with Gasteiger partial charge in [0.2, 0.25) is 0 Å². The Hall–Kier alpha value is -0.0800. The quantitative estimate of drug-likeness (QED) is 0.690. The van der Waals surface area contributed by atoms with Gasteiger partial charge in [-0.3, -0.25) is 0 Å². The summed E-state index contributed by atoms with van der Waals surface area (Å²) in [6.45, 7) is 13.0. The number of hydrogen-bond acceptors (Lipinski definition) is 2. The maximum Gasteiger partial charge on any atom is 0.0275 e. The van der Waals surface area contributed by atoms with Crippen LogP contribution in [0.5, 0.6) is 0 Å². The molecule has 3 N–H and O–H groups in total. The van der Waals surface area contributed by atoms with Gasteiger partial charge in [-0.25, -0.2) is 0 Å². The predicted molar refractivity (Wildman–Crippen MR) is 59.8 cm³/mol. The van der Waals surface area contributed by atoms with Crippen LogP contribution in [-0.4, -0.2) is 18.6 Å². The second-order valence-electron chi connectivity index (χ2n) is 5.23. The zero-order valence-corrected chi connectivity index (χ0v) is 9.91. The number of nitrogens with one attached hydrogen (secondary N) is 1. The fraction of sp³-hybridized carbons (Fsp3) is 1.00. The minimum atomic E-state index is -0.00868. The summed E-state index contributed by atoms with van der Waals surface area (Å²) in [4.78, 5) is 0. The lowest BCUT2D eigenvalue weighted by Crippen LogP contribution is -2.49. The van der Waals surface area contributed by atoms with Crippen LogP contribution in [0.25, 0.3) is 0 Å². The van der Waals surface area contributed by atoms with Crippen molar-refractivity contribution in [2.45, 2.75) is 53.0 Å². The highest BCUT2D eigenvalue weighted by molar-refractivity contribution is 4.84. The van der Waals surface area contributed by atoms with Crippen LogP contribution in [-0.2, 0) is 0 Å².